The lowest BCUT2D eigenvalue weighted by atomic mass is 9.90. The van der Waals surface area contributed by atoms with Gasteiger partial charge in [-0.05, 0) is 23.3 Å². The van der Waals surface area contributed by atoms with E-state index in [2.05, 4.69) is 15.3 Å². The van der Waals surface area contributed by atoms with Crippen LogP contribution < -0.4 is 5.32 Å². The Hall–Kier alpha value is -3.31. The lowest BCUT2D eigenvalue weighted by Crippen LogP contribution is -2.22. The predicted octanol–water partition coefficient (Wildman–Crippen LogP) is 4.98. The van der Waals surface area contributed by atoms with E-state index in [0.717, 1.165) is 21.7 Å². The smallest absolute Gasteiger partial charge is 0.238 e. The fraction of sp³-hybridized carbons (Fsp3) is 0.0455. The number of carbonyl (C=O) groups is 1. The first-order valence-corrected chi connectivity index (χ1v) is 9.41. The van der Waals surface area contributed by atoms with Crippen molar-refractivity contribution >= 4 is 22.4 Å². The minimum atomic E-state index is -0.394. The Balaban J connectivity index is 1.61. The van der Waals surface area contributed by atoms with Crippen molar-refractivity contribution in [2.24, 2.45) is 0 Å². The van der Waals surface area contributed by atoms with Gasteiger partial charge >= 0.3 is 0 Å². The second-order valence-electron chi connectivity index (χ2n) is 5.99. The normalized spacial score (nSPS) is 10.7. The molecule has 27 heavy (non-hydrogen) atoms. The molecule has 0 aliphatic carbocycles. The van der Waals surface area contributed by atoms with Crippen molar-refractivity contribution in [3.05, 3.63) is 102 Å². The van der Waals surface area contributed by atoms with Gasteiger partial charge < -0.3 is 5.32 Å². The number of aromatic nitrogens is 2. The third-order valence-corrected chi connectivity index (χ3v) is 5.12. The van der Waals surface area contributed by atoms with Crippen molar-refractivity contribution in [1.82, 2.24) is 9.97 Å². The molecule has 0 spiro atoms. The van der Waals surface area contributed by atoms with Gasteiger partial charge in [-0.2, -0.15) is 0 Å². The van der Waals surface area contributed by atoms with E-state index in [1.807, 2.05) is 78.9 Å². The first-order chi connectivity index (χ1) is 13.3. The molecule has 132 valence electrons. The van der Waals surface area contributed by atoms with E-state index < -0.39 is 5.92 Å². The molecule has 2 aromatic heterocycles. The average molecular weight is 371 g/mol. The molecule has 2 aromatic carbocycles. The summed E-state index contributed by atoms with van der Waals surface area (Å²) < 4.78 is 0. The minimum absolute atomic E-state index is 0.102. The number of amides is 1. The van der Waals surface area contributed by atoms with Crippen LogP contribution in [-0.2, 0) is 4.79 Å². The average Bonchev–Trinajstić information content (AvgIpc) is 3.19. The van der Waals surface area contributed by atoms with Crippen LogP contribution in [0.5, 0.6) is 0 Å². The highest BCUT2D eigenvalue weighted by Crippen LogP contribution is 2.30. The molecule has 1 N–H and O–H groups in total. The van der Waals surface area contributed by atoms with Crippen LogP contribution >= 0.6 is 11.3 Å². The summed E-state index contributed by atoms with van der Waals surface area (Å²) in [6.45, 7) is 0. The summed E-state index contributed by atoms with van der Waals surface area (Å²) in [4.78, 5) is 22.7. The second kappa shape index (κ2) is 7.93. The van der Waals surface area contributed by atoms with Gasteiger partial charge in [-0.15, -0.1) is 0 Å². The Bertz CT molecular complexity index is 978. The van der Waals surface area contributed by atoms with Crippen molar-refractivity contribution in [1.29, 1.82) is 0 Å². The number of pyridine rings is 1. The summed E-state index contributed by atoms with van der Waals surface area (Å²) >= 11 is 1.42. The number of hydrogen-bond donors (Lipinski definition) is 1. The Kier molecular flexibility index (Phi) is 5.03. The molecule has 2 heterocycles. The Morgan fingerprint density at radius 3 is 2.04 bits per heavy atom. The van der Waals surface area contributed by atoms with Gasteiger partial charge in [0, 0.05) is 12.4 Å². The fourth-order valence-electron chi connectivity index (χ4n) is 2.92. The highest BCUT2D eigenvalue weighted by molar-refractivity contribution is 7.19. The zero-order valence-corrected chi connectivity index (χ0v) is 15.3. The lowest BCUT2D eigenvalue weighted by molar-refractivity contribution is -0.116. The molecule has 4 aromatic rings. The third-order valence-electron chi connectivity index (χ3n) is 4.18. The van der Waals surface area contributed by atoms with Crippen LogP contribution in [0.4, 0.5) is 5.13 Å². The quantitative estimate of drug-likeness (QED) is 0.538. The molecule has 0 aliphatic rings. The largest absolute Gasteiger partial charge is 0.301 e. The Labute approximate surface area is 161 Å². The maximum Gasteiger partial charge on any atom is 0.238 e. The monoisotopic (exact) mass is 371 g/mol. The van der Waals surface area contributed by atoms with Crippen molar-refractivity contribution < 1.29 is 4.79 Å². The molecule has 0 fully saturated rings. The van der Waals surface area contributed by atoms with Crippen molar-refractivity contribution in [2.45, 2.75) is 5.92 Å². The SMILES string of the molecule is O=C(Nc1ncc(-c2ccccn2)s1)C(c1ccccc1)c1ccccc1. The molecular weight excluding hydrogens is 354 g/mol. The topological polar surface area (TPSA) is 54.9 Å². The minimum Gasteiger partial charge on any atom is -0.301 e. The van der Waals surface area contributed by atoms with E-state index in [0.29, 0.717) is 5.13 Å². The highest BCUT2D eigenvalue weighted by Gasteiger charge is 2.23. The van der Waals surface area contributed by atoms with Crippen LogP contribution in [-0.4, -0.2) is 15.9 Å². The zero-order chi connectivity index (χ0) is 18.5. The summed E-state index contributed by atoms with van der Waals surface area (Å²) in [5, 5.41) is 3.54. The number of carbonyl (C=O) groups excluding carboxylic acids is 1. The molecule has 0 aliphatic heterocycles. The van der Waals surface area contributed by atoms with Gasteiger partial charge in [-0.3, -0.25) is 9.78 Å². The molecule has 0 atom stereocenters. The van der Waals surface area contributed by atoms with E-state index >= 15 is 0 Å². The number of hydrogen-bond acceptors (Lipinski definition) is 4. The molecule has 4 nitrogen and oxygen atoms in total. The van der Waals surface area contributed by atoms with E-state index in [1.54, 1.807) is 12.4 Å². The molecule has 0 unspecified atom stereocenters. The summed E-state index contributed by atoms with van der Waals surface area (Å²) in [7, 11) is 0. The van der Waals surface area contributed by atoms with Gasteiger partial charge in [-0.1, -0.05) is 78.1 Å². The number of nitrogens with zero attached hydrogens (tertiary/aromatic N) is 2. The lowest BCUT2D eigenvalue weighted by Gasteiger charge is -2.17. The van der Waals surface area contributed by atoms with Crippen LogP contribution in [0.2, 0.25) is 0 Å². The predicted molar refractivity (Wildman–Crippen MR) is 109 cm³/mol. The molecule has 0 bridgehead atoms. The van der Waals surface area contributed by atoms with Crippen LogP contribution in [0.3, 0.4) is 0 Å². The van der Waals surface area contributed by atoms with E-state index in [4.69, 9.17) is 0 Å². The van der Waals surface area contributed by atoms with Gasteiger partial charge in [0.2, 0.25) is 5.91 Å². The van der Waals surface area contributed by atoms with E-state index in [-0.39, 0.29) is 5.91 Å². The maximum absolute atomic E-state index is 13.1. The maximum atomic E-state index is 13.1. The standard InChI is InChI=1S/C22H17N3OS/c26-21(25-22-24-15-19(27-22)18-13-7-8-14-23-18)20(16-9-3-1-4-10-16)17-11-5-2-6-12-17/h1-15,20H,(H,24,25,26). The third kappa shape index (κ3) is 3.93. The van der Waals surface area contributed by atoms with Crippen molar-refractivity contribution in [2.75, 3.05) is 5.32 Å². The molecule has 1 amide bonds. The van der Waals surface area contributed by atoms with Crippen LogP contribution in [0.15, 0.2) is 91.3 Å². The van der Waals surface area contributed by atoms with Crippen LogP contribution in [0.25, 0.3) is 10.6 Å². The number of rotatable bonds is 5. The number of thiazole rings is 1. The molecule has 0 radical (unpaired) electrons. The summed E-state index contributed by atoms with van der Waals surface area (Å²) in [6.07, 6.45) is 3.48. The second-order valence-corrected chi connectivity index (χ2v) is 7.02. The first-order valence-electron chi connectivity index (χ1n) is 8.59. The van der Waals surface area contributed by atoms with Gasteiger partial charge in [0.1, 0.15) is 0 Å². The van der Waals surface area contributed by atoms with Gasteiger partial charge in [0.05, 0.1) is 16.5 Å². The van der Waals surface area contributed by atoms with Crippen molar-refractivity contribution in [3.63, 3.8) is 0 Å². The summed E-state index contributed by atoms with van der Waals surface area (Å²) in [5.41, 5.74) is 2.74. The molecule has 5 heteroatoms. The number of benzene rings is 2. The van der Waals surface area contributed by atoms with Gasteiger partial charge in [0.25, 0.3) is 0 Å². The van der Waals surface area contributed by atoms with Crippen LogP contribution in [0, 0.1) is 0 Å². The number of anilines is 1. The zero-order valence-electron chi connectivity index (χ0n) is 14.4. The fourth-order valence-corrected chi connectivity index (χ4v) is 3.72. The van der Waals surface area contributed by atoms with Crippen LogP contribution in [0.1, 0.15) is 17.0 Å². The molecule has 0 saturated carbocycles. The Morgan fingerprint density at radius 2 is 1.44 bits per heavy atom. The molecular formula is C22H17N3OS. The van der Waals surface area contributed by atoms with Gasteiger partial charge in [0.15, 0.2) is 5.13 Å². The summed E-state index contributed by atoms with van der Waals surface area (Å²) in [5.74, 6) is -0.496. The van der Waals surface area contributed by atoms with E-state index in [9.17, 15) is 4.79 Å². The first kappa shape index (κ1) is 17.1. The Morgan fingerprint density at radius 1 is 0.815 bits per heavy atom. The molecule has 4 rings (SSSR count). The van der Waals surface area contributed by atoms with Gasteiger partial charge in [-0.25, -0.2) is 4.98 Å². The van der Waals surface area contributed by atoms with Crippen molar-refractivity contribution in [3.8, 4) is 10.6 Å². The summed E-state index contributed by atoms with van der Waals surface area (Å²) in [6, 6.07) is 25.3. The van der Waals surface area contributed by atoms with E-state index in [1.165, 1.54) is 11.3 Å². The highest BCUT2D eigenvalue weighted by atomic mass is 32.1. The number of nitrogens with one attached hydrogen (secondary N) is 1. The molecule has 0 saturated heterocycles.